The second-order valence-electron chi connectivity index (χ2n) is 7.77. The number of amides is 2. The lowest BCUT2D eigenvalue weighted by Gasteiger charge is -2.14. The van der Waals surface area contributed by atoms with Gasteiger partial charge < -0.3 is 9.30 Å². The van der Waals surface area contributed by atoms with Crippen LogP contribution < -0.4 is 11.2 Å². The van der Waals surface area contributed by atoms with Crippen LogP contribution in [0.1, 0.15) is 19.3 Å². The Morgan fingerprint density at radius 1 is 1.03 bits per heavy atom. The fourth-order valence-electron chi connectivity index (χ4n) is 4.19. The lowest BCUT2D eigenvalue weighted by molar-refractivity contribution is -0.146. The zero-order valence-corrected chi connectivity index (χ0v) is 17.3. The molecule has 0 saturated carbocycles. The number of rotatable bonds is 6. The van der Waals surface area contributed by atoms with Crippen LogP contribution in [0.15, 0.2) is 28.1 Å². The highest BCUT2D eigenvalue weighted by atomic mass is 16.5. The standard InChI is InChI=1S/C20H23N5O6/c1-22-16-15(19(29)23(2)20(22)30)24(11-21-16)9-10-31-14(26)7-8-25-17(27)12-5-3-4-6-13(12)18(25)28/h3-4,11-13H,5-10H2,1-2H3/t12-,13-/m1/s1. The number of aryl methyl sites for hydroxylation is 1. The highest BCUT2D eigenvalue weighted by Gasteiger charge is 2.46. The van der Waals surface area contributed by atoms with Gasteiger partial charge in [0.1, 0.15) is 6.61 Å². The first-order valence-corrected chi connectivity index (χ1v) is 10.1. The van der Waals surface area contributed by atoms with E-state index < -0.39 is 17.2 Å². The molecule has 0 radical (unpaired) electrons. The van der Waals surface area contributed by atoms with Crippen LogP contribution in [0.25, 0.3) is 11.2 Å². The summed E-state index contributed by atoms with van der Waals surface area (Å²) in [4.78, 5) is 66.6. The molecule has 0 unspecified atom stereocenters. The molecule has 2 aromatic heterocycles. The highest BCUT2D eigenvalue weighted by Crippen LogP contribution is 2.34. The van der Waals surface area contributed by atoms with Crippen molar-refractivity contribution in [3.8, 4) is 0 Å². The molecule has 2 amide bonds. The van der Waals surface area contributed by atoms with Crippen molar-refractivity contribution >= 4 is 28.9 Å². The smallest absolute Gasteiger partial charge is 0.332 e. The number of nitrogens with zero attached hydrogens (tertiary/aromatic N) is 5. The normalized spacial score (nSPS) is 20.5. The number of hydrogen-bond acceptors (Lipinski definition) is 7. The van der Waals surface area contributed by atoms with Crippen LogP contribution >= 0.6 is 0 Å². The summed E-state index contributed by atoms with van der Waals surface area (Å²) in [6.07, 6.45) is 6.26. The van der Waals surface area contributed by atoms with E-state index in [1.807, 2.05) is 12.2 Å². The number of imide groups is 1. The Balaban J connectivity index is 1.33. The molecule has 0 bridgehead atoms. The second-order valence-corrected chi connectivity index (χ2v) is 7.77. The number of imidazole rings is 1. The Labute approximate surface area is 176 Å². The van der Waals surface area contributed by atoms with E-state index in [0.29, 0.717) is 12.8 Å². The monoisotopic (exact) mass is 429 g/mol. The number of carbonyl (C=O) groups is 3. The maximum absolute atomic E-state index is 12.4. The van der Waals surface area contributed by atoms with Gasteiger partial charge in [0, 0.05) is 20.6 Å². The van der Waals surface area contributed by atoms with Gasteiger partial charge in [-0.15, -0.1) is 0 Å². The third kappa shape index (κ3) is 3.49. The predicted octanol–water partition coefficient (Wildman–Crippen LogP) is -0.682. The van der Waals surface area contributed by atoms with Crippen LogP contribution in [-0.2, 0) is 39.8 Å². The molecule has 2 aliphatic rings. The first-order valence-electron chi connectivity index (χ1n) is 10.1. The molecule has 11 nitrogen and oxygen atoms in total. The number of ether oxygens (including phenoxy) is 1. The van der Waals surface area contributed by atoms with E-state index in [0.717, 1.165) is 9.47 Å². The van der Waals surface area contributed by atoms with Crippen LogP contribution in [-0.4, -0.2) is 54.5 Å². The summed E-state index contributed by atoms with van der Waals surface area (Å²) in [5.74, 6) is -1.63. The van der Waals surface area contributed by atoms with Gasteiger partial charge in [-0.1, -0.05) is 12.2 Å². The third-order valence-electron chi connectivity index (χ3n) is 5.95. The molecule has 1 saturated heterocycles. The molecule has 1 aliphatic carbocycles. The van der Waals surface area contributed by atoms with Gasteiger partial charge in [0.25, 0.3) is 5.56 Å². The van der Waals surface area contributed by atoms with Crippen LogP contribution in [0.5, 0.6) is 0 Å². The van der Waals surface area contributed by atoms with Crippen LogP contribution in [0.3, 0.4) is 0 Å². The second kappa shape index (κ2) is 7.97. The summed E-state index contributed by atoms with van der Waals surface area (Å²) in [7, 11) is 2.91. The number of allylic oxidation sites excluding steroid dienone is 2. The van der Waals surface area contributed by atoms with E-state index in [1.54, 1.807) is 0 Å². The quantitative estimate of drug-likeness (QED) is 0.338. The lowest BCUT2D eigenvalue weighted by atomic mass is 9.85. The predicted molar refractivity (Wildman–Crippen MR) is 108 cm³/mol. The fraction of sp³-hybridized carbons (Fsp3) is 0.500. The molecular formula is C20H23N5O6. The molecule has 0 spiro atoms. The van der Waals surface area contributed by atoms with Crippen molar-refractivity contribution < 1.29 is 19.1 Å². The molecule has 31 heavy (non-hydrogen) atoms. The van der Waals surface area contributed by atoms with Gasteiger partial charge in [-0.3, -0.25) is 33.2 Å². The fourth-order valence-corrected chi connectivity index (χ4v) is 4.19. The minimum absolute atomic E-state index is 0.000159. The number of esters is 1. The van der Waals surface area contributed by atoms with E-state index in [-0.39, 0.29) is 60.9 Å². The Hall–Kier alpha value is -3.50. The molecule has 1 aliphatic heterocycles. The van der Waals surface area contributed by atoms with Gasteiger partial charge in [0.2, 0.25) is 11.8 Å². The van der Waals surface area contributed by atoms with Gasteiger partial charge >= 0.3 is 11.7 Å². The van der Waals surface area contributed by atoms with Crippen molar-refractivity contribution in [2.45, 2.75) is 25.8 Å². The van der Waals surface area contributed by atoms with Gasteiger partial charge in [0.15, 0.2) is 11.2 Å². The number of likely N-dealkylation sites (tertiary alicyclic amines) is 1. The van der Waals surface area contributed by atoms with Gasteiger partial charge in [-0.2, -0.15) is 0 Å². The highest BCUT2D eigenvalue weighted by molar-refractivity contribution is 6.05. The molecule has 1 fully saturated rings. The lowest BCUT2D eigenvalue weighted by Crippen LogP contribution is -2.37. The molecule has 0 N–H and O–H groups in total. The van der Waals surface area contributed by atoms with Crippen molar-refractivity contribution in [1.82, 2.24) is 23.6 Å². The molecule has 2 aromatic rings. The van der Waals surface area contributed by atoms with E-state index in [1.165, 1.54) is 29.6 Å². The Morgan fingerprint density at radius 3 is 2.32 bits per heavy atom. The van der Waals surface area contributed by atoms with Gasteiger partial charge in [0.05, 0.1) is 31.1 Å². The Morgan fingerprint density at radius 2 is 1.68 bits per heavy atom. The van der Waals surface area contributed by atoms with E-state index in [9.17, 15) is 24.0 Å². The third-order valence-corrected chi connectivity index (χ3v) is 5.95. The summed E-state index contributed by atoms with van der Waals surface area (Å²) in [6, 6.07) is 0. The minimum atomic E-state index is -0.543. The van der Waals surface area contributed by atoms with E-state index in [4.69, 9.17) is 4.74 Å². The average molecular weight is 429 g/mol. The zero-order chi connectivity index (χ0) is 22.3. The number of hydrogen-bond donors (Lipinski definition) is 0. The maximum atomic E-state index is 12.4. The van der Waals surface area contributed by atoms with Crippen molar-refractivity contribution in [2.75, 3.05) is 13.2 Å². The molecule has 2 atom stereocenters. The van der Waals surface area contributed by atoms with Crippen molar-refractivity contribution in [2.24, 2.45) is 25.9 Å². The van der Waals surface area contributed by atoms with Crippen LogP contribution in [0, 0.1) is 11.8 Å². The van der Waals surface area contributed by atoms with Gasteiger partial charge in [-0.05, 0) is 12.8 Å². The molecular weight excluding hydrogens is 406 g/mol. The molecule has 3 heterocycles. The topological polar surface area (TPSA) is 126 Å². The van der Waals surface area contributed by atoms with Crippen LogP contribution in [0.2, 0.25) is 0 Å². The Bertz CT molecular complexity index is 1190. The molecule has 164 valence electrons. The zero-order valence-electron chi connectivity index (χ0n) is 17.3. The van der Waals surface area contributed by atoms with Crippen molar-refractivity contribution in [3.05, 3.63) is 39.3 Å². The first-order chi connectivity index (χ1) is 14.8. The summed E-state index contributed by atoms with van der Waals surface area (Å²) >= 11 is 0. The van der Waals surface area contributed by atoms with Crippen molar-refractivity contribution in [3.63, 3.8) is 0 Å². The minimum Gasteiger partial charge on any atom is -0.464 e. The first kappa shape index (κ1) is 20.8. The Kier molecular flexibility index (Phi) is 5.34. The molecule has 11 heteroatoms. The summed E-state index contributed by atoms with van der Waals surface area (Å²) in [5, 5.41) is 0. The summed E-state index contributed by atoms with van der Waals surface area (Å²) in [5.41, 5.74) is -0.466. The molecule has 4 rings (SSSR count). The summed E-state index contributed by atoms with van der Waals surface area (Å²) in [6.45, 7) is 0.153. The largest absolute Gasteiger partial charge is 0.464 e. The summed E-state index contributed by atoms with van der Waals surface area (Å²) < 4.78 is 9.00. The van der Waals surface area contributed by atoms with E-state index in [2.05, 4.69) is 4.98 Å². The van der Waals surface area contributed by atoms with E-state index >= 15 is 0 Å². The van der Waals surface area contributed by atoms with Crippen molar-refractivity contribution in [1.29, 1.82) is 0 Å². The average Bonchev–Trinajstić information content (AvgIpc) is 3.29. The van der Waals surface area contributed by atoms with Gasteiger partial charge in [-0.25, -0.2) is 9.78 Å². The van der Waals surface area contributed by atoms with Crippen LogP contribution in [0.4, 0.5) is 0 Å². The molecule has 0 aromatic carbocycles. The number of fused-ring (bicyclic) bond motifs is 2. The number of aromatic nitrogens is 4. The number of carbonyl (C=O) groups excluding carboxylic acids is 3. The maximum Gasteiger partial charge on any atom is 0.332 e. The SMILES string of the molecule is Cn1c(=O)c2c(ncn2CCOC(=O)CCN2C(=O)[C@@H]3CC=CC[C@H]3C2=O)n(C)c1=O.